The summed E-state index contributed by atoms with van der Waals surface area (Å²) in [5.41, 5.74) is 5.61. The Morgan fingerprint density at radius 1 is 1.00 bits per heavy atom. The van der Waals surface area contributed by atoms with E-state index in [1.807, 2.05) is 84.6 Å². The summed E-state index contributed by atoms with van der Waals surface area (Å²) in [5, 5.41) is 2.88. The topological polar surface area (TPSA) is 49.4 Å². The van der Waals surface area contributed by atoms with Gasteiger partial charge in [0.15, 0.2) is 0 Å². The van der Waals surface area contributed by atoms with Gasteiger partial charge in [-0.1, -0.05) is 62.7 Å². The number of rotatable bonds is 4. The lowest BCUT2D eigenvalue weighted by Gasteiger charge is -2.25. The first-order valence-corrected chi connectivity index (χ1v) is 11.8. The molecule has 1 unspecified atom stereocenters. The largest absolute Gasteiger partial charge is 0.322 e. The predicted molar refractivity (Wildman–Crippen MR) is 133 cm³/mol. The second-order valence-electron chi connectivity index (χ2n) is 9.17. The summed E-state index contributed by atoms with van der Waals surface area (Å²) in [6.07, 6.45) is 0. The maximum absolute atomic E-state index is 12.8. The Morgan fingerprint density at radius 3 is 2.34 bits per heavy atom. The van der Waals surface area contributed by atoms with E-state index in [1.54, 1.807) is 11.8 Å². The number of hydrogen-bond donors (Lipinski definition) is 1. The molecule has 0 aromatic heterocycles. The summed E-state index contributed by atoms with van der Waals surface area (Å²) < 4.78 is 0. The quantitative estimate of drug-likeness (QED) is 0.512. The Labute approximate surface area is 194 Å². The zero-order valence-electron chi connectivity index (χ0n) is 18.9. The highest BCUT2D eigenvalue weighted by molar-refractivity contribution is 8.00. The highest BCUT2D eigenvalue weighted by atomic mass is 32.2. The number of hydrogen-bond acceptors (Lipinski definition) is 3. The van der Waals surface area contributed by atoms with Crippen LogP contribution in [0.2, 0.25) is 0 Å². The molecule has 1 aliphatic rings. The number of thioether (sulfide) groups is 1. The van der Waals surface area contributed by atoms with Gasteiger partial charge in [0, 0.05) is 16.9 Å². The van der Waals surface area contributed by atoms with E-state index in [9.17, 15) is 9.59 Å². The van der Waals surface area contributed by atoms with Crippen LogP contribution in [0.25, 0.3) is 0 Å². The molecule has 1 saturated heterocycles. The van der Waals surface area contributed by atoms with Gasteiger partial charge in [-0.05, 0) is 59.9 Å². The van der Waals surface area contributed by atoms with E-state index in [4.69, 9.17) is 0 Å². The number of carbonyl (C=O) groups excluding carboxylic acids is 2. The number of amides is 2. The van der Waals surface area contributed by atoms with Gasteiger partial charge in [-0.15, -0.1) is 11.8 Å². The lowest BCUT2D eigenvalue weighted by atomic mass is 9.87. The van der Waals surface area contributed by atoms with E-state index >= 15 is 0 Å². The van der Waals surface area contributed by atoms with Crippen LogP contribution in [-0.2, 0) is 10.2 Å². The van der Waals surface area contributed by atoms with E-state index in [1.165, 1.54) is 5.56 Å². The molecule has 1 atom stereocenters. The fraction of sp³-hybridized carbons (Fsp3) is 0.259. The maximum Gasteiger partial charge on any atom is 0.255 e. The Bertz CT molecular complexity index is 1130. The van der Waals surface area contributed by atoms with Crippen LogP contribution >= 0.6 is 11.8 Å². The van der Waals surface area contributed by atoms with Crippen LogP contribution in [0.5, 0.6) is 0 Å². The molecule has 0 bridgehead atoms. The number of carbonyl (C=O) groups is 2. The number of benzene rings is 3. The zero-order chi connectivity index (χ0) is 22.9. The normalized spacial score (nSPS) is 16.3. The van der Waals surface area contributed by atoms with Gasteiger partial charge < -0.3 is 5.32 Å². The zero-order valence-corrected chi connectivity index (χ0v) is 19.7. The van der Waals surface area contributed by atoms with Crippen molar-refractivity contribution < 1.29 is 9.59 Å². The van der Waals surface area contributed by atoms with Crippen LogP contribution in [0.3, 0.4) is 0 Å². The third kappa shape index (κ3) is 4.73. The molecule has 2 amide bonds. The molecule has 4 nitrogen and oxygen atoms in total. The highest BCUT2D eigenvalue weighted by Crippen LogP contribution is 2.42. The Kier molecular flexibility index (Phi) is 6.11. The predicted octanol–water partition coefficient (Wildman–Crippen LogP) is 6.32. The van der Waals surface area contributed by atoms with Crippen molar-refractivity contribution in [2.45, 2.75) is 38.5 Å². The molecule has 32 heavy (non-hydrogen) atoms. The first-order valence-electron chi connectivity index (χ1n) is 10.7. The molecule has 0 saturated carbocycles. The molecule has 3 aromatic carbocycles. The summed E-state index contributed by atoms with van der Waals surface area (Å²) in [6, 6.07) is 23.5. The van der Waals surface area contributed by atoms with Gasteiger partial charge >= 0.3 is 0 Å². The Morgan fingerprint density at radius 2 is 1.69 bits per heavy atom. The third-order valence-electron chi connectivity index (χ3n) is 5.62. The molecular weight excluding hydrogens is 416 g/mol. The van der Waals surface area contributed by atoms with Crippen molar-refractivity contribution in [1.82, 2.24) is 0 Å². The minimum absolute atomic E-state index is 0.0447. The van der Waals surface area contributed by atoms with Crippen LogP contribution in [0.4, 0.5) is 11.4 Å². The van der Waals surface area contributed by atoms with Crippen LogP contribution < -0.4 is 10.2 Å². The van der Waals surface area contributed by atoms with Crippen molar-refractivity contribution in [3.8, 4) is 0 Å². The summed E-state index contributed by atoms with van der Waals surface area (Å²) in [4.78, 5) is 27.3. The van der Waals surface area contributed by atoms with Crippen LogP contribution in [-0.4, -0.2) is 17.6 Å². The minimum Gasteiger partial charge on any atom is -0.322 e. The first-order chi connectivity index (χ1) is 15.2. The van der Waals surface area contributed by atoms with Crippen LogP contribution in [0, 0.1) is 6.92 Å². The Balaban J connectivity index is 1.53. The summed E-state index contributed by atoms with van der Waals surface area (Å²) in [6.45, 7) is 8.49. The standard InChI is InChI=1S/C27H28N2O2S/c1-18-8-14-23(15-9-18)29-24(30)17-32-26(29)20-6-5-7-22(16-20)28-25(31)19-10-12-21(13-11-19)27(2,3)4/h5-16,26H,17H2,1-4H3,(H,28,31). The van der Waals surface area contributed by atoms with E-state index in [2.05, 4.69) is 26.1 Å². The number of nitrogens with zero attached hydrogens (tertiary/aromatic N) is 1. The first kappa shape index (κ1) is 22.2. The van der Waals surface area contributed by atoms with E-state index in [0.29, 0.717) is 11.3 Å². The fourth-order valence-corrected chi connectivity index (χ4v) is 4.92. The van der Waals surface area contributed by atoms with Crippen molar-refractivity contribution in [2.24, 2.45) is 0 Å². The average Bonchev–Trinajstić information content (AvgIpc) is 3.15. The van der Waals surface area contributed by atoms with Gasteiger partial charge in [0.2, 0.25) is 5.91 Å². The van der Waals surface area contributed by atoms with Crippen molar-refractivity contribution in [3.05, 3.63) is 95.1 Å². The molecule has 0 spiro atoms. The molecule has 5 heteroatoms. The molecule has 0 radical (unpaired) electrons. The molecular formula is C27H28N2O2S. The SMILES string of the molecule is Cc1ccc(N2C(=O)CSC2c2cccc(NC(=O)c3ccc(C(C)(C)C)cc3)c2)cc1. The van der Waals surface area contributed by atoms with E-state index in [0.717, 1.165) is 22.5 Å². The molecule has 1 fully saturated rings. The number of anilines is 2. The molecule has 4 rings (SSSR count). The maximum atomic E-state index is 12.8. The number of aryl methyl sites for hydroxylation is 1. The van der Waals surface area contributed by atoms with Gasteiger partial charge in [0.05, 0.1) is 5.75 Å². The van der Waals surface area contributed by atoms with Gasteiger partial charge in [-0.25, -0.2) is 0 Å². The van der Waals surface area contributed by atoms with Crippen molar-refractivity contribution in [1.29, 1.82) is 0 Å². The molecule has 1 heterocycles. The molecule has 164 valence electrons. The lowest BCUT2D eigenvalue weighted by molar-refractivity contribution is -0.115. The fourth-order valence-electron chi connectivity index (χ4n) is 3.75. The van der Waals surface area contributed by atoms with Crippen molar-refractivity contribution >= 4 is 35.0 Å². The van der Waals surface area contributed by atoms with Crippen LogP contribution in [0.15, 0.2) is 72.8 Å². The molecule has 3 aromatic rings. The smallest absolute Gasteiger partial charge is 0.255 e. The monoisotopic (exact) mass is 444 g/mol. The van der Waals surface area contributed by atoms with Crippen molar-refractivity contribution in [3.63, 3.8) is 0 Å². The molecule has 1 aliphatic heterocycles. The number of nitrogens with one attached hydrogen (secondary N) is 1. The van der Waals surface area contributed by atoms with Gasteiger partial charge in [0.25, 0.3) is 5.91 Å². The summed E-state index contributed by atoms with van der Waals surface area (Å²) in [7, 11) is 0. The second kappa shape index (κ2) is 8.83. The van der Waals surface area contributed by atoms with E-state index < -0.39 is 0 Å². The third-order valence-corrected chi connectivity index (χ3v) is 6.84. The Hall–Kier alpha value is -3.05. The van der Waals surface area contributed by atoms with Crippen molar-refractivity contribution in [2.75, 3.05) is 16.0 Å². The lowest BCUT2D eigenvalue weighted by Crippen LogP contribution is -2.27. The van der Waals surface area contributed by atoms with Gasteiger partial charge in [0.1, 0.15) is 5.37 Å². The van der Waals surface area contributed by atoms with Gasteiger partial charge in [-0.3, -0.25) is 14.5 Å². The van der Waals surface area contributed by atoms with E-state index in [-0.39, 0.29) is 22.6 Å². The van der Waals surface area contributed by atoms with Gasteiger partial charge in [-0.2, -0.15) is 0 Å². The summed E-state index contributed by atoms with van der Waals surface area (Å²) >= 11 is 1.60. The molecule has 1 N–H and O–H groups in total. The van der Waals surface area contributed by atoms with Crippen LogP contribution in [0.1, 0.15) is 53.2 Å². The average molecular weight is 445 g/mol. The second-order valence-corrected chi connectivity index (χ2v) is 10.2. The minimum atomic E-state index is -0.145. The summed E-state index contributed by atoms with van der Waals surface area (Å²) in [5.74, 6) is 0.389. The highest BCUT2D eigenvalue weighted by Gasteiger charge is 2.34. The molecule has 0 aliphatic carbocycles.